The molecule has 0 amide bonds. The lowest BCUT2D eigenvalue weighted by Gasteiger charge is -2.30. The Bertz CT molecular complexity index is 380. The van der Waals surface area contributed by atoms with Gasteiger partial charge in [0.05, 0.1) is 0 Å². The smallest absolute Gasteiger partial charge is 0.0323 e. The number of likely N-dealkylation sites (N-methyl/N-ethyl adjacent to an activating group) is 1. The summed E-state index contributed by atoms with van der Waals surface area (Å²) in [5.41, 5.74) is 2.59. The van der Waals surface area contributed by atoms with Gasteiger partial charge in [-0.15, -0.1) is 6.58 Å². The summed E-state index contributed by atoms with van der Waals surface area (Å²) in [5.74, 6) is 0.377. The van der Waals surface area contributed by atoms with E-state index in [0.717, 1.165) is 13.1 Å². The first-order valence-corrected chi connectivity index (χ1v) is 6.69. The van der Waals surface area contributed by atoms with E-state index in [1.54, 1.807) is 0 Å². The van der Waals surface area contributed by atoms with Gasteiger partial charge in [0.15, 0.2) is 0 Å². The first-order valence-electron chi connectivity index (χ1n) is 6.69. The molecule has 1 aromatic rings. The Morgan fingerprint density at radius 2 is 1.89 bits per heavy atom. The molecular weight excluding hydrogens is 218 g/mol. The van der Waals surface area contributed by atoms with Crippen molar-refractivity contribution >= 4 is 0 Å². The molecule has 0 fully saturated rings. The van der Waals surface area contributed by atoms with E-state index >= 15 is 0 Å². The van der Waals surface area contributed by atoms with Gasteiger partial charge in [-0.05, 0) is 24.9 Å². The Morgan fingerprint density at radius 3 is 2.39 bits per heavy atom. The highest BCUT2D eigenvalue weighted by Crippen LogP contribution is 2.22. The minimum atomic E-state index is 0.377. The fourth-order valence-corrected chi connectivity index (χ4v) is 2.04. The van der Waals surface area contributed by atoms with Gasteiger partial charge in [0, 0.05) is 12.6 Å². The van der Waals surface area contributed by atoms with Gasteiger partial charge < -0.3 is 0 Å². The average Bonchev–Trinajstić information content (AvgIpc) is 2.43. The van der Waals surface area contributed by atoms with E-state index in [1.165, 1.54) is 11.1 Å². The molecule has 1 rings (SSSR count). The topological polar surface area (TPSA) is 3.24 Å². The number of rotatable bonds is 7. The average molecular weight is 243 g/mol. The molecule has 0 N–H and O–H groups in total. The number of benzene rings is 1. The zero-order valence-electron chi connectivity index (χ0n) is 11.9. The lowest BCUT2D eigenvalue weighted by molar-refractivity contribution is 0.237. The van der Waals surface area contributed by atoms with Crippen LogP contribution < -0.4 is 0 Å². The molecule has 1 aromatic carbocycles. The van der Waals surface area contributed by atoms with Crippen molar-refractivity contribution in [2.45, 2.75) is 26.8 Å². The molecule has 0 heterocycles. The molecule has 0 bridgehead atoms. The van der Waals surface area contributed by atoms with Crippen molar-refractivity contribution in [3.05, 3.63) is 60.7 Å². The molecule has 0 unspecified atom stereocenters. The molecule has 0 aliphatic carbocycles. The summed E-state index contributed by atoms with van der Waals surface area (Å²) in [6.45, 7) is 16.6. The fraction of sp³-hybridized carbons (Fsp3) is 0.412. The van der Waals surface area contributed by atoms with Crippen LogP contribution >= 0.6 is 0 Å². The summed E-state index contributed by atoms with van der Waals surface area (Å²) in [7, 11) is 0. The summed E-state index contributed by atoms with van der Waals surface area (Å²) in [5, 5.41) is 0. The van der Waals surface area contributed by atoms with E-state index < -0.39 is 0 Å². The molecule has 0 radical (unpaired) electrons. The van der Waals surface area contributed by atoms with Gasteiger partial charge in [-0.2, -0.15) is 0 Å². The molecular formula is C17H25N. The lowest BCUT2D eigenvalue weighted by Crippen LogP contribution is -2.29. The Labute approximate surface area is 112 Å². The van der Waals surface area contributed by atoms with E-state index in [1.807, 2.05) is 6.08 Å². The third kappa shape index (κ3) is 3.85. The van der Waals surface area contributed by atoms with Crippen LogP contribution in [0, 0.1) is 5.92 Å². The van der Waals surface area contributed by atoms with Crippen molar-refractivity contribution < 1.29 is 0 Å². The summed E-state index contributed by atoms with van der Waals surface area (Å²) in [4.78, 5) is 2.44. The highest BCUT2D eigenvalue weighted by atomic mass is 15.1. The molecule has 0 aliphatic heterocycles. The first-order chi connectivity index (χ1) is 8.60. The lowest BCUT2D eigenvalue weighted by atomic mass is 10.0. The molecule has 0 saturated carbocycles. The van der Waals surface area contributed by atoms with E-state index in [0.29, 0.717) is 12.0 Å². The van der Waals surface area contributed by atoms with Crippen molar-refractivity contribution in [3.8, 4) is 0 Å². The third-order valence-electron chi connectivity index (χ3n) is 3.64. The maximum Gasteiger partial charge on any atom is 0.0323 e. The van der Waals surface area contributed by atoms with Crippen molar-refractivity contribution in [2.24, 2.45) is 5.92 Å². The minimum Gasteiger partial charge on any atom is -0.293 e. The van der Waals surface area contributed by atoms with Crippen LogP contribution in [0.4, 0.5) is 0 Å². The quantitative estimate of drug-likeness (QED) is 0.640. The van der Waals surface area contributed by atoms with Gasteiger partial charge in [-0.3, -0.25) is 4.90 Å². The van der Waals surface area contributed by atoms with E-state index in [4.69, 9.17) is 0 Å². The second-order valence-electron chi connectivity index (χ2n) is 4.83. The summed E-state index contributed by atoms with van der Waals surface area (Å²) >= 11 is 0. The normalized spacial score (nSPS) is 14.2. The molecule has 0 aliphatic rings. The van der Waals surface area contributed by atoms with Crippen LogP contribution in [0.3, 0.4) is 0 Å². The highest BCUT2D eigenvalue weighted by molar-refractivity contribution is 5.19. The van der Waals surface area contributed by atoms with E-state index in [-0.39, 0.29) is 0 Å². The van der Waals surface area contributed by atoms with Crippen LogP contribution in [-0.2, 0) is 0 Å². The van der Waals surface area contributed by atoms with Gasteiger partial charge in [-0.1, -0.05) is 62.4 Å². The van der Waals surface area contributed by atoms with Crippen LogP contribution in [0.15, 0.2) is 55.1 Å². The molecule has 0 spiro atoms. The maximum absolute atomic E-state index is 4.18. The maximum atomic E-state index is 4.18. The molecule has 1 heteroatoms. The second kappa shape index (κ2) is 7.17. The first kappa shape index (κ1) is 14.7. The second-order valence-corrected chi connectivity index (χ2v) is 4.83. The minimum absolute atomic E-state index is 0.377. The van der Waals surface area contributed by atoms with Crippen LogP contribution in [0.25, 0.3) is 0 Å². The van der Waals surface area contributed by atoms with Crippen LogP contribution in [-0.4, -0.2) is 18.0 Å². The predicted molar refractivity (Wildman–Crippen MR) is 80.6 cm³/mol. The Balaban J connectivity index is 2.72. The largest absolute Gasteiger partial charge is 0.293 e. The predicted octanol–water partition coefficient (Wildman–Crippen LogP) is 4.45. The van der Waals surface area contributed by atoms with E-state index in [9.17, 15) is 0 Å². The SMILES string of the molecule is C=C[C@H](C)C(=C)CN(CC)[C@H](C)c1ccccc1. The molecule has 0 aromatic heterocycles. The number of hydrogen-bond donors (Lipinski definition) is 0. The van der Waals surface area contributed by atoms with Crippen molar-refractivity contribution in [2.75, 3.05) is 13.1 Å². The highest BCUT2D eigenvalue weighted by Gasteiger charge is 2.15. The number of nitrogens with zero attached hydrogens (tertiary/aromatic N) is 1. The summed E-state index contributed by atoms with van der Waals surface area (Å²) < 4.78 is 0. The van der Waals surface area contributed by atoms with Gasteiger partial charge >= 0.3 is 0 Å². The Kier molecular flexibility index (Phi) is 5.87. The van der Waals surface area contributed by atoms with Gasteiger partial charge in [0.1, 0.15) is 0 Å². The number of allylic oxidation sites excluding steroid dienone is 1. The Morgan fingerprint density at radius 1 is 1.28 bits per heavy atom. The van der Waals surface area contributed by atoms with Gasteiger partial charge in [0.25, 0.3) is 0 Å². The van der Waals surface area contributed by atoms with Crippen LogP contribution in [0.1, 0.15) is 32.4 Å². The van der Waals surface area contributed by atoms with Gasteiger partial charge in [0.2, 0.25) is 0 Å². The van der Waals surface area contributed by atoms with Crippen LogP contribution in [0.5, 0.6) is 0 Å². The standard InChI is InChI=1S/C17H25N/c1-6-14(3)15(4)13-18(7-2)16(5)17-11-9-8-10-12-17/h6,8-12,14,16H,1,4,7,13H2,2-3,5H3/t14-,16+/m0/s1. The van der Waals surface area contributed by atoms with Crippen molar-refractivity contribution in [3.63, 3.8) is 0 Å². The van der Waals surface area contributed by atoms with E-state index in [2.05, 4.69) is 69.2 Å². The zero-order valence-corrected chi connectivity index (χ0v) is 11.9. The van der Waals surface area contributed by atoms with Crippen molar-refractivity contribution in [1.29, 1.82) is 0 Å². The summed E-state index contributed by atoms with van der Waals surface area (Å²) in [6.07, 6.45) is 1.96. The van der Waals surface area contributed by atoms with Gasteiger partial charge in [-0.25, -0.2) is 0 Å². The van der Waals surface area contributed by atoms with Crippen molar-refractivity contribution in [1.82, 2.24) is 4.90 Å². The number of hydrogen-bond acceptors (Lipinski definition) is 1. The molecule has 2 atom stereocenters. The molecule has 1 nitrogen and oxygen atoms in total. The molecule has 98 valence electrons. The monoisotopic (exact) mass is 243 g/mol. The van der Waals surface area contributed by atoms with Crippen LogP contribution in [0.2, 0.25) is 0 Å². The zero-order chi connectivity index (χ0) is 13.5. The summed E-state index contributed by atoms with van der Waals surface area (Å²) in [6, 6.07) is 11.1. The molecule has 18 heavy (non-hydrogen) atoms. The fourth-order valence-electron chi connectivity index (χ4n) is 2.04. The molecule has 0 saturated heterocycles. The third-order valence-corrected chi connectivity index (χ3v) is 3.64. The Hall–Kier alpha value is -1.34.